The second kappa shape index (κ2) is 55.7. The Bertz CT molecular complexity index is 1860. The van der Waals surface area contributed by atoms with E-state index < -0.39 is 86.8 Å². The van der Waals surface area contributed by atoms with Crippen molar-refractivity contribution in [1.29, 1.82) is 0 Å². The molecular formula is C72H123NO13. The zero-order chi connectivity index (χ0) is 62.3. The quantitative estimate of drug-likeness (QED) is 0.0204. The number of unbranched alkanes of at least 4 members (excludes halogenated alkanes) is 25. The number of aliphatic hydroxyl groups is 8. The zero-order valence-corrected chi connectivity index (χ0v) is 53.5. The van der Waals surface area contributed by atoms with E-state index in [0.717, 1.165) is 83.5 Å². The molecule has 14 heteroatoms. The van der Waals surface area contributed by atoms with Gasteiger partial charge in [0.05, 0.1) is 32.0 Å². The van der Waals surface area contributed by atoms with Crippen LogP contribution in [0, 0.1) is 0 Å². The summed E-state index contributed by atoms with van der Waals surface area (Å²) in [6.07, 6.45) is 62.7. The van der Waals surface area contributed by atoms with Gasteiger partial charge >= 0.3 is 0 Å². The third-order valence-corrected chi connectivity index (χ3v) is 15.9. The highest BCUT2D eigenvalue weighted by atomic mass is 16.7. The first kappa shape index (κ1) is 78.7. The molecule has 0 aromatic carbocycles. The number of nitrogens with one attached hydrogen (secondary N) is 1. The summed E-state index contributed by atoms with van der Waals surface area (Å²) < 4.78 is 22.8. The van der Waals surface area contributed by atoms with Crippen LogP contribution >= 0.6 is 0 Å². The second-order valence-corrected chi connectivity index (χ2v) is 23.6. The van der Waals surface area contributed by atoms with Crippen molar-refractivity contribution in [1.82, 2.24) is 5.32 Å². The van der Waals surface area contributed by atoms with Crippen LogP contribution in [0.25, 0.3) is 0 Å². The van der Waals surface area contributed by atoms with Crippen molar-refractivity contribution >= 4 is 5.91 Å². The summed E-state index contributed by atoms with van der Waals surface area (Å²) in [5.74, 6) is -0.256. The highest BCUT2D eigenvalue weighted by molar-refractivity contribution is 5.76. The van der Waals surface area contributed by atoms with Crippen molar-refractivity contribution in [3.05, 3.63) is 109 Å². The summed E-state index contributed by atoms with van der Waals surface area (Å²) in [7, 11) is 0. The lowest BCUT2D eigenvalue weighted by Crippen LogP contribution is -2.65. The number of aliphatic hydroxyl groups excluding tert-OH is 8. The number of allylic oxidation sites excluding steroid dienone is 17. The highest BCUT2D eigenvalue weighted by Gasteiger charge is 2.51. The minimum absolute atomic E-state index is 0.256. The average Bonchev–Trinajstić information content (AvgIpc) is 2.63. The Labute approximate surface area is 521 Å². The lowest BCUT2D eigenvalue weighted by atomic mass is 9.97. The van der Waals surface area contributed by atoms with Crippen LogP contribution < -0.4 is 5.32 Å². The van der Waals surface area contributed by atoms with Crippen LogP contribution in [0.5, 0.6) is 0 Å². The van der Waals surface area contributed by atoms with Gasteiger partial charge in [0.1, 0.15) is 48.8 Å². The van der Waals surface area contributed by atoms with Gasteiger partial charge in [0.2, 0.25) is 5.91 Å². The normalized spacial score (nSPS) is 24.1. The molecule has 12 atom stereocenters. The average molecular weight is 1210 g/mol. The second-order valence-electron chi connectivity index (χ2n) is 23.6. The van der Waals surface area contributed by atoms with Crippen LogP contribution in [-0.2, 0) is 23.7 Å². The molecule has 1 amide bonds. The van der Waals surface area contributed by atoms with Crippen molar-refractivity contribution in [3.8, 4) is 0 Å². The number of rotatable bonds is 54. The van der Waals surface area contributed by atoms with Crippen LogP contribution in [0.4, 0.5) is 0 Å². The van der Waals surface area contributed by atoms with E-state index in [2.05, 4.69) is 116 Å². The smallest absolute Gasteiger partial charge is 0.220 e. The Morgan fingerprint density at radius 1 is 0.430 bits per heavy atom. The Balaban J connectivity index is 1.69. The summed E-state index contributed by atoms with van der Waals surface area (Å²) >= 11 is 0. The molecule has 2 rings (SSSR count). The van der Waals surface area contributed by atoms with E-state index in [0.29, 0.717) is 12.8 Å². The molecule has 2 fully saturated rings. The molecule has 86 heavy (non-hydrogen) atoms. The zero-order valence-electron chi connectivity index (χ0n) is 53.5. The minimum atomic E-state index is -1.80. The van der Waals surface area contributed by atoms with Crippen molar-refractivity contribution in [2.24, 2.45) is 0 Å². The standard InChI is InChI=1S/C72H123NO13/c1-3-5-7-9-11-13-15-17-19-21-23-24-25-26-27-28-29-30-31-32-33-34-35-36-38-40-42-44-46-48-50-52-54-56-64(77)73-60(61(76)55-53-51-49-47-45-43-41-39-37-22-20-18-16-14-12-10-8-6-4-2)59-83-71-69(82)67(80)70(63(58-75)85-71)86-72-68(81)66(79)65(78)62(57-74)84-72/h5,7,11,13,17,19,23-24,26-27,29-30,32-33,45,47,53,55,60-63,65-72,74-76,78-82H,3-4,6,8-10,12,14-16,18,20-22,25,28,31,34-44,46,48-52,54,56-59H2,1-2H3,(H,73,77)/b7-5-,13-11-,19-17-,24-23-,27-26-,30-29-,33-32-,47-45+,55-53+. The Kier molecular flexibility index (Phi) is 51.0. The molecule has 0 radical (unpaired) electrons. The molecule has 0 aromatic heterocycles. The van der Waals surface area contributed by atoms with E-state index >= 15 is 0 Å². The molecule has 2 saturated heterocycles. The summed E-state index contributed by atoms with van der Waals surface area (Å²) in [6.45, 7) is 2.67. The van der Waals surface area contributed by atoms with Crippen molar-refractivity contribution in [2.45, 2.75) is 319 Å². The SMILES string of the molecule is CC/C=C\C/C=C\C/C=C\C/C=C\C/C=C\C/C=C\C/C=C\CCCCCCCCCCCCCC(=O)NC(COC1OC(CO)C(OC2OC(CO)C(O)C(O)C2O)C(O)C1O)C(O)/C=C/CC/C=C/CCCCCCCCCCCCCCC. The predicted molar refractivity (Wildman–Crippen MR) is 350 cm³/mol. The Morgan fingerprint density at radius 2 is 0.814 bits per heavy atom. The first-order valence-electron chi connectivity index (χ1n) is 34.1. The first-order valence-corrected chi connectivity index (χ1v) is 34.1. The van der Waals surface area contributed by atoms with E-state index in [4.69, 9.17) is 18.9 Å². The third-order valence-electron chi connectivity index (χ3n) is 15.9. The molecular weight excluding hydrogens is 1090 g/mol. The number of amides is 1. The van der Waals surface area contributed by atoms with Gasteiger partial charge in [-0.2, -0.15) is 0 Å². The molecule has 0 aromatic rings. The van der Waals surface area contributed by atoms with E-state index in [9.17, 15) is 45.6 Å². The fourth-order valence-electron chi connectivity index (χ4n) is 10.5. The van der Waals surface area contributed by atoms with Crippen LogP contribution in [0.3, 0.4) is 0 Å². The van der Waals surface area contributed by atoms with Crippen LogP contribution in [0.2, 0.25) is 0 Å². The fourth-order valence-corrected chi connectivity index (χ4v) is 10.5. The lowest BCUT2D eigenvalue weighted by molar-refractivity contribution is -0.359. The summed E-state index contributed by atoms with van der Waals surface area (Å²) in [4.78, 5) is 13.3. The maximum Gasteiger partial charge on any atom is 0.220 e. The summed E-state index contributed by atoms with van der Waals surface area (Å²) in [6, 6.07) is -0.941. The summed E-state index contributed by atoms with van der Waals surface area (Å²) in [5.41, 5.74) is 0. The van der Waals surface area contributed by atoms with Gasteiger partial charge in [0.15, 0.2) is 12.6 Å². The largest absolute Gasteiger partial charge is 0.394 e. The van der Waals surface area contributed by atoms with Gasteiger partial charge in [0, 0.05) is 6.42 Å². The fraction of sp³-hybridized carbons (Fsp3) is 0.736. The van der Waals surface area contributed by atoms with Gasteiger partial charge in [-0.25, -0.2) is 0 Å². The first-order chi connectivity index (χ1) is 42.1. The van der Waals surface area contributed by atoms with Gasteiger partial charge in [-0.3, -0.25) is 4.79 Å². The molecule has 2 aliphatic rings. The van der Waals surface area contributed by atoms with Crippen molar-refractivity contribution < 1.29 is 64.6 Å². The van der Waals surface area contributed by atoms with Crippen LogP contribution in [-0.4, -0.2) is 140 Å². The third kappa shape index (κ3) is 39.6. The molecule has 0 saturated carbocycles. The van der Waals surface area contributed by atoms with E-state index in [1.807, 2.05) is 6.08 Å². The lowest BCUT2D eigenvalue weighted by Gasteiger charge is -2.46. The number of hydrogen-bond acceptors (Lipinski definition) is 13. The summed E-state index contributed by atoms with van der Waals surface area (Å²) in [5, 5.41) is 87.3. The molecule has 2 aliphatic heterocycles. The number of carbonyl (C=O) groups excluding carboxylic acids is 1. The highest BCUT2D eigenvalue weighted by Crippen LogP contribution is 2.30. The van der Waals surface area contributed by atoms with E-state index in [1.54, 1.807) is 6.08 Å². The maximum atomic E-state index is 13.3. The maximum absolute atomic E-state index is 13.3. The molecule has 0 bridgehead atoms. The molecule has 9 N–H and O–H groups in total. The molecule has 494 valence electrons. The number of carbonyl (C=O) groups is 1. The molecule has 2 heterocycles. The minimum Gasteiger partial charge on any atom is -0.394 e. The topological polar surface area (TPSA) is 228 Å². The van der Waals surface area contributed by atoms with Gasteiger partial charge in [-0.15, -0.1) is 0 Å². The molecule has 0 aliphatic carbocycles. The van der Waals surface area contributed by atoms with Crippen LogP contribution in [0.1, 0.15) is 245 Å². The van der Waals surface area contributed by atoms with Crippen molar-refractivity contribution in [2.75, 3.05) is 19.8 Å². The van der Waals surface area contributed by atoms with Crippen molar-refractivity contribution in [3.63, 3.8) is 0 Å². The number of ether oxygens (including phenoxy) is 4. The van der Waals surface area contributed by atoms with Gasteiger partial charge < -0.3 is 65.1 Å². The van der Waals surface area contributed by atoms with Gasteiger partial charge in [-0.05, 0) is 89.9 Å². The van der Waals surface area contributed by atoms with Gasteiger partial charge in [0.25, 0.3) is 0 Å². The number of hydrogen-bond donors (Lipinski definition) is 9. The predicted octanol–water partition coefficient (Wildman–Crippen LogP) is 13.6. The molecule has 0 spiro atoms. The van der Waals surface area contributed by atoms with E-state index in [1.165, 1.54) is 128 Å². The Hall–Kier alpha value is -3.35. The molecule has 12 unspecified atom stereocenters. The van der Waals surface area contributed by atoms with Crippen LogP contribution in [0.15, 0.2) is 109 Å². The molecule has 14 nitrogen and oxygen atoms in total. The monoisotopic (exact) mass is 1210 g/mol. The van der Waals surface area contributed by atoms with Gasteiger partial charge in [-0.1, -0.05) is 258 Å². The Morgan fingerprint density at radius 3 is 1.28 bits per heavy atom. The van der Waals surface area contributed by atoms with E-state index in [-0.39, 0.29) is 18.9 Å².